The highest BCUT2D eigenvalue weighted by Crippen LogP contribution is 2.32. The second kappa shape index (κ2) is 6.81. The van der Waals surface area contributed by atoms with Crippen molar-refractivity contribution < 1.29 is 4.74 Å². The SMILES string of the molecule is CCCOc1c(Br)cc(Br)cc1/C=N\n1cnnc1. The Morgan fingerprint density at radius 1 is 1.32 bits per heavy atom. The summed E-state index contributed by atoms with van der Waals surface area (Å²) >= 11 is 6.95. The summed E-state index contributed by atoms with van der Waals surface area (Å²) in [5, 5.41) is 11.6. The van der Waals surface area contributed by atoms with E-state index in [4.69, 9.17) is 4.74 Å². The van der Waals surface area contributed by atoms with Gasteiger partial charge < -0.3 is 4.74 Å². The van der Waals surface area contributed by atoms with E-state index in [1.54, 1.807) is 6.21 Å². The van der Waals surface area contributed by atoms with Crippen LogP contribution in [0, 0.1) is 0 Å². The topological polar surface area (TPSA) is 52.3 Å². The molecule has 0 N–H and O–H groups in total. The molecule has 7 heteroatoms. The lowest BCUT2D eigenvalue weighted by atomic mass is 10.2. The van der Waals surface area contributed by atoms with Crippen molar-refractivity contribution in [3.8, 4) is 5.75 Å². The Morgan fingerprint density at radius 3 is 2.74 bits per heavy atom. The number of ether oxygens (including phenoxy) is 1. The van der Waals surface area contributed by atoms with E-state index in [-0.39, 0.29) is 0 Å². The quantitative estimate of drug-likeness (QED) is 0.738. The molecule has 19 heavy (non-hydrogen) atoms. The zero-order valence-electron chi connectivity index (χ0n) is 10.3. The minimum absolute atomic E-state index is 0.660. The van der Waals surface area contributed by atoms with Gasteiger partial charge in [0, 0.05) is 10.0 Å². The van der Waals surface area contributed by atoms with Crippen LogP contribution in [0.1, 0.15) is 18.9 Å². The molecule has 5 nitrogen and oxygen atoms in total. The summed E-state index contributed by atoms with van der Waals surface area (Å²) in [7, 11) is 0. The van der Waals surface area contributed by atoms with E-state index in [0.717, 1.165) is 26.7 Å². The van der Waals surface area contributed by atoms with Crippen molar-refractivity contribution in [1.82, 2.24) is 14.9 Å². The maximum absolute atomic E-state index is 5.74. The highest BCUT2D eigenvalue weighted by molar-refractivity contribution is 9.11. The lowest BCUT2D eigenvalue weighted by Crippen LogP contribution is -2.00. The smallest absolute Gasteiger partial charge is 0.142 e. The monoisotopic (exact) mass is 386 g/mol. The highest BCUT2D eigenvalue weighted by atomic mass is 79.9. The Hall–Kier alpha value is -1.21. The van der Waals surface area contributed by atoms with Crippen molar-refractivity contribution in [2.45, 2.75) is 13.3 Å². The summed E-state index contributed by atoms with van der Waals surface area (Å²) in [6, 6.07) is 3.89. The molecule has 0 spiro atoms. The molecule has 0 unspecified atom stereocenters. The van der Waals surface area contributed by atoms with Crippen LogP contribution in [0.2, 0.25) is 0 Å². The van der Waals surface area contributed by atoms with Gasteiger partial charge in [0.15, 0.2) is 0 Å². The summed E-state index contributed by atoms with van der Waals surface area (Å²) in [6.45, 7) is 2.73. The third-order valence-electron chi connectivity index (χ3n) is 2.22. The molecule has 1 aromatic carbocycles. The van der Waals surface area contributed by atoms with Crippen molar-refractivity contribution in [2.75, 3.05) is 6.61 Å². The van der Waals surface area contributed by atoms with Gasteiger partial charge in [0.05, 0.1) is 17.3 Å². The van der Waals surface area contributed by atoms with Crippen LogP contribution in [-0.2, 0) is 0 Å². The molecule has 0 bridgehead atoms. The lowest BCUT2D eigenvalue weighted by molar-refractivity contribution is 0.315. The average molecular weight is 388 g/mol. The van der Waals surface area contributed by atoms with Crippen molar-refractivity contribution in [2.24, 2.45) is 5.10 Å². The number of hydrogen-bond acceptors (Lipinski definition) is 4. The van der Waals surface area contributed by atoms with Gasteiger partial charge in [0.25, 0.3) is 0 Å². The van der Waals surface area contributed by atoms with E-state index in [9.17, 15) is 0 Å². The number of nitrogens with zero attached hydrogens (tertiary/aromatic N) is 4. The second-order valence-electron chi connectivity index (χ2n) is 3.74. The normalized spacial score (nSPS) is 11.1. The molecule has 2 rings (SSSR count). The van der Waals surface area contributed by atoms with E-state index in [1.165, 1.54) is 17.3 Å². The van der Waals surface area contributed by atoms with Gasteiger partial charge in [0.1, 0.15) is 18.4 Å². The van der Waals surface area contributed by atoms with Crippen LogP contribution >= 0.6 is 31.9 Å². The first-order valence-electron chi connectivity index (χ1n) is 5.71. The Labute approximate surface area is 127 Å². The fraction of sp³-hybridized carbons (Fsp3) is 0.250. The molecule has 0 saturated heterocycles. The number of benzene rings is 1. The van der Waals surface area contributed by atoms with Crippen LogP contribution in [-0.4, -0.2) is 27.7 Å². The third-order valence-corrected chi connectivity index (χ3v) is 3.27. The second-order valence-corrected chi connectivity index (χ2v) is 5.51. The molecular weight excluding hydrogens is 376 g/mol. The Morgan fingerprint density at radius 2 is 2.05 bits per heavy atom. The predicted molar refractivity (Wildman–Crippen MR) is 80.6 cm³/mol. The van der Waals surface area contributed by atoms with E-state index < -0.39 is 0 Å². The minimum atomic E-state index is 0.660. The number of hydrogen-bond donors (Lipinski definition) is 0. The van der Waals surface area contributed by atoms with Gasteiger partial charge in [-0.1, -0.05) is 22.9 Å². The maximum atomic E-state index is 5.74. The summed E-state index contributed by atoms with van der Waals surface area (Å²) < 4.78 is 9.11. The first kappa shape index (κ1) is 14.2. The zero-order valence-corrected chi connectivity index (χ0v) is 13.4. The van der Waals surface area contributed by atoms with Crippen LogP contribution in [0.4, 0.5) is 0 Å². The fourth-order valence-corrected chi connectivity index (χ4v) is 2.79. The summed E-state index contributed by atoms with van der Waals surface area (Å²) in [5.74, 6) is 0.780. The molecular formula is C12H12Br2N4O. The van der Waals surface area contributed by atoms with E-state index in [2.05, 4.69) is 54.1 Å². The molecule has 0 saturated carbocycles. The number of aromatic nitrogens is 3. The van der Waals surface area contributed by atoms with Gasteiger partial charge in [-0.05, 0) is 34.5 Å². The molecule has 0 aliphatic carbocycles. The van der Waals surface area contributed by atoms with Gasteiger partial charge >= 0.3 is 0 Å². The lowest BCUT2D eigenvalue weighted by Gasteiger charge is -2.10. The van der Waals surface area contributed by atoms with Crippen molar-refractivity contribution >= 4 is 38.1 Å². The van der Waals surface area contributed by atoms with Crippen LogP contribution in [0.25, 0.3) is 0 Å². The summed E-state index contributed by atoms with van der Waals surface area (Å²) in [6.07, 6.45) is 5.71. The molecule has 0 aliphatic rings. The summed E-state index contributed by atoms with van der Waals surface area (Å²) in [5.41, 5.74) is 0.878. The molecule has 1 heterocycles. The van der Waals surface area contributed by atoms with Gasteiger partial charge in [-0.15, -0.1) is 10.2 Å². The van der Waals surface area contributed by atoms with Crippen LogP contribution < -0.4 is 4.74 Å². The minimum Gasteiger partial charge on any atom is -0.492 e. The largest absolute Gasteiger partial charge is 0.492 e. The van der Waals surface area contributed by atoms with Crippen LogP contribution in [0.5, 0.6) is 5.75 Å². The van der Waals surface area contributed by atoms with Crippen molar-refractivity contribution in [3.05, 3.63) is 39.3 Å². The Bertz CT molecular complexity index is 569. The van der Waals surface area contributed by atoms with Crippen LogP contribution in [0.15, 0.2) is 38.8 Å². The van der Waals surface area contributed by atoms with Gasteiger partial charge in [0.2, 0.25) is 0 Å². The highest BCUT2D eigenvalue weighted by Gasteiger charge is 2.08. The van der Waals surface area contributed by atoms with Crippen molar-refractivity contribution in [3.63, 3.8) is 0 Å². The predicted octanol–water partition coefficient (Wildman–Crippen LogP) is 3.47. The van der Waals surface area contributed by atoms with E-state index >= 15 is 0 Å². The maximum Gasteiger partial charge on any atom is 0.142 e. The van der Waals surface area contributed by atoms with Crippen molar-refractivity contribution in [1.29, 1.82) is 0 Å². The molecule has 0 aliphatic heterocycles. The van der Waals surface area contributed by atoms with Crippen LogP contribution in [0.3, 0.4) is 0 Å². The molecule has 2 aromatic rings. The molecule has 1 aromatic heterocycles. The van der Waals surface area contributed by atoms with E-state index in [1.807, 2.05) is 12.1 Å². The molecule has 0 radical (unpaired) electrons. The fourth-order valence-electron chi connectivity index (χ4n) is 1.42. The molecule has 0 amide bonds. The number of rotatable bonds is 5. The molecule has 100 valence electrons. The first-order chi connectivity index (χ1) is 9.20. The van der Waals surface area contributed by atoms with Gasteiger partial charge in [-0.25, -0.2) is 4.68 Å². The Balaban J connectivity index is 2.31. The molecule has 0 fully saturated rings. The number of halogens is 2. The third kappa shape index (κ3) is 3.87. The van der Waals surface area contributed by atoms with Gasteiger partial charge in [-0.3, -0.25) is 0 Å². The van der Waals surface area contributed by atoms with E-state index in [0.29, 0.717) is 6.61 Å². The first-order valence-corrected chi connectivity index (χ1v) is 7.30. The van der Waals surface area contributed by atoms with Gasteiger partial charge in [-0.2, -0.15) is 5.10 Å². The Kier molecular flexibility index (Phi) is 5.09. The zero-order chi connectivity index (χ0) is 13.7. The molecule has 0 atom stereocenters. The standard InChI is InChI=1S/C12H12Br2N4O/c1-2-3-19-12-9(4-10(13)5-11(12)14)6-17-18-7-15-16-8-18/h4-8H,2-3H2,1H3/b17-6-. The average Bonchev–Trinajstić information content (AvgIpc) is 2.88. The summed E-state index contributed by atoms with van der Waals surface area (Å²) in [4.78, 5) is 0.